The summed E-state index contributed by atoms with van der Waals surface area (Å²) in [5.41, 5.74) is 2.77. The SMILES string of the molecule is Cc1cc2ncccc2cc1Nc1ncc2c(n1)n([C@@H]1CN(C(=O)O)C[C@H]1F)c(=O)n2C. The van der Waals surface area contributed by atoms with E-state index >= 15 is 0 Å². The number of nitrogens with zero attached hydrogens (tertiary/aromatic N) is 6. The van der Waals surface area contributed by atoms with E-state index in [1.807, 2.05) is 31.2 Å². The quantitative estimate of drug-likeness (QED) is 0.506. The maximum Gasteiger partial charge on any atom is 0.407 e. The number of hydrogen-bond acceptors (Lipinski definition) is 6. The van der Waals surface area contributed by atoms with Gasteiger partial charge in [0.1, 0.15) is 11.7 Å². The monoisotopic (exact) mass is 437 g/mol. The van der Waals surface area contributed by atoms with Crippen molar-refractivity contribution < 1.29 is 14.3 Å². The Morgan fingerprint density at radius 1 is 1.28 bits per heavy atom. The lowest BCUT2D eigenvalue weighted by Gasteiger charge is -2.14. The number of hydrogen-bond donors (Lipinski definition) is 2. The molecule has 0 saturated carbocycles. The number of imidazole rings is 1. The predicted octanol–water partition coefficient (Wildman–Crippen LogP) is 2.60. The second-order valence-corrected chi connectivity index (χ2v) is 7.87. The molecule has 0 spiro atoms. The zero-order chi connectivity index (χ0) is 22.6. The summed E-state index contributed by atoms with van der Waals surface area (Å²) in [6.45, 7) is 1.52. The molecule has 0 bridgehead atoms. The average Bonchev–Trinajstić information content (AvgIpc) is 3.26. The van der Waals surface area contributed by atoms with Crippen molar-refractivity contribution >= 4 is 39.8 Å². The van der Waals surface area contributed by atoms with Gasteiger partial charge in [0.15, 0.2) is 5.65 Å². The largest absolute Gasteiger partial charge is 0.465 e. The Morgan fingerprint density at radius 2 is 2.09 bits per heavy atom. The molecule has 5 rings (SSSR count). The third kappa shape index (κ3) is 3.13. The fraction of sp³-hybridized carbons (Fsp3) is 0.286. The first kappa shape index (κ1) is 19.9. The highest BCUT2D eigenvalue weighted by Gasteiger charge is 2.39. The minimum absolute atomic E-state index is 0.126. The zero-order valence-electron chi connectivity index (χ0n) is 17.4. The van der Waals surface area contributed by atoms with Crippen LogP contribution in [0.15, 0.2) is 41.5 Å². The highest BCUT2D eigenvalue weighted by atomic mass is 19.1. The normalized spacial score (nSPS) is 18.5. The Hall–Kier alpha value is -4.02. The number of nitrogens with one attached hydrogen (secondary N) is 1. The average molecular weight is 437 g/mol. The fourth-order valence-corrected chi connectivity index (χ4v) is 4.12. The van der Waals surface area contributed by atoms with Crippen LogP contribution in [-0.2, 0) is 7.05 Å². The number of halogens is 1. The third-order valence-corrected chi connectivity index (χ3v) is 5.85. The summed E-state index contributed by atoms with van der Waals surface area (Å²) in [7, 11) is 1.55. The lowest BCUT2D eigenvalue weighted by molar-refractivity contribution is 0.152. The van der Waals surface area contributed by atoms with Gasteiger partial charge in [0.2, 0.25) is 5.95 Å². The van der Waals surface area contributed by atoms with Gasteiger partial charge in [-0.05, 0) is 30.7 Å². The molecule has 1 aliphatic heterocycles. The molecule has 1 saturated heterocycles. The molecule has 0 aliphatic carbocycles. The molecule has 164 valence electrons. The lowest BCUT2D eigenvalue weighted by atomic mass is 10.1. The summed E-state index contributed by atoms with van der Waals surface area (Å²) < 4.78 is 17.3. The number of anilines is 2. The first-order chi connectivity index (χ1) is 15.3. The standard InChI is InChI=1S/C21H20FN7O3/c1-11-6-15-12(4-3-5-23-15)7-14(11)25-19-24-8-16-18(26-19)29(20(30)27(16)2)17-10-28(21(31)32)9-13(17)22/h3-8,13,17H,9-10H2,1-2H3,(H,31,32)(H,24,25,26)/t13-,17-/m1/s1. The van der Waals surface area contributed by atoms with Crippen molar-refractivity contribution in [2.24, 2.45) is 7.05 Å². The predicted molar refractivity (Wildman–Crippen MR) is 116 cm³/mol. The van der Waals surface area contributed by atoms with Gasteiger partial charge in [-0.1, -0.05) is 6.07 Å². The number of carboxylic acid groups (broad SMARTS) is 1. The number of likely N-dealkylation sites (tertiary alicyclic amines) is 1. The molecule has 2 atom stereocenters. The molecule has 4 heterocycles. The van der Waals surface area contributed by atoms with Crippen molar-refractivity contribution in [3.8, 4) is 0 Å². The van der Waals surface area contributed by atoms with Crippen LogP contribution in [0.4, 0.5) is 20.8 Å². The van der Waals surface area contributed by atoms with Crippen molar-refractivity contribution in [1.82, 2.24) is 29.0 Å². The number of benzene rings is 1. The molecule has 1 aliphatic rings. The summed E-state index contributed by atoms with van der Waals surface area (Å²) in [5.74, 6) is 0.242. The van der Waals surface area contributed by atoms with Crippen LogP contribution in [0.3, 0.4) is 0 Å². The molecule has 10 nitrogen and oxygen atoms in total. The van der Waals surface area contributed by atoms with Crippen LogP contribution in [0.2, 0.25) is 0 Å². The minimum atomic E-state index is -1.52. The number of fused-ring (bicyclic) bond motifs is 2. The van der Waals surface area contributed by atoms with Crippen LogP contribution in [-0.4, -0.2) is 59.4 Å². The molecule has 0 unspecified atom stereocenters. The summed E-state index contributed by atoms with van der Waals surface area (Å²) in [6.07, 6.45) is 0.489. The van der Waals surface area contributed by atoms with Crippen molar-refractivity contribution in [3.05, 3.63) is 52.7 Å². The Morgan fingerprint density at radius 3 is 2.84 bits per heavy atom. The number of carbonyl (C=O) groups is 1. The van der Waals surface area contributed by atoms with Gasteiger partial charge in [0, 0.05) is 30.9 Å². The summed E-state index contributed by atoms with van der Waals surface area (Å²) >= 11 is 0. The lowest BCUT2D eigenvalue weighted by Crippen LogP contribution is -2.31. The molecule has 3 aromatic heterocycles. The molecule has 4 aromatic rings. The fourth-order valence-electron chi connectivity index (χ4n) is 4.12. The van der Waals surface area contributed by atoms with E-state index in [0.717, 1.165) is 27.1 Å². The van der Waals surface area contributed by atoms with Crippen LogP contribution in [0, 0.1) is 6.92 Å². The first-order valence-electron chi connectivity index (χ1n) is 10.0. The maximum absolute atomic E-state index is 14.7. The Kier molecular flexibility index (Phi) is 4.54. The van der Waals surface area contributed by atoms with Gasteiger partial charge in [0.25, 0.3) is 0 Å². The molecule has 1 fully saturated rings. The van der Waals surface area contributed by atoms with Crippen LogP contribution in [0.5, 0.6) is 0 Å². The molecule has 2 N–H and O–H groups in total. The smallest absolute Gasteiger partial charge is 0.407 e. The van der Waals surface area contributed by atoms with Crippen LogP contribution >= 0.6 is 0 Å². The van der Waals surface area contributed by atoms with Gasteiger partial charge in [-0.3, -0.25) is 14.1 Å². The van der Waals surface area contributed by atoms with Crippen molar-refractivity contribution in [2.75, 3.05) is 18.4 Å². The van der Waals surface area contributed by atoms with E-state index in [0.29, 0.717) is 5.52 Å². The molecule has 1 amide bonds. The number of amides is 1. The number of pyridine rings is 1. The van der Waals surface area contributed by atoms with E-state index in [4.69, 9.17) is 0 Å². The molecule has 32 heavy (non-hydrogen) atoms. The van der Waals surface area contributed by atoms with Crippen LogP contribution in [0.1, 0.15) is 11.6 Å². The Bertz CT molecular complexity index is 1430. The van der Waals surface area contributed by atoms with Gasteiger partial charge in [-0.15, -0.1) is 0 Å². The van der Waals surface area contributed by atoms with Gasteiger partial charge in [-0.25, -0.2) is 19.0 Å². The van der Waals surface area contributed by atoms with Crippen molar-refractivity contribution in [3.63, 3.8) is 0 Å². The highest BCUT2D eigenvalue weighted by molar-refractivity contribution is 5.85. The second-order valence-electron chi connectivity index (χ2n) is 7.87. The van der Waals surface area contributed by atoms with Crippen LogP contribution in [0.25, 0.3) is 22.1 Å². The minimum Gasteiger partial charge on any atom is -0.465 e. The van der Waals surface area contributed by atoms with Crippen molar-refractivity contribution in [2.45, 2.75) is 19.1 Å². The summed E-state index contributed by atoms with van der Waals surface area (Å²) in [6, 6.07) is 6.71. The van der Waals surface area contributed by atoms with E-state index in [1.165, 1.54) is 15.3 Å². The van der Waals surface area contributed by atoms with E-state index in [2.05, 4.69) is 20.3 Å². The first-order valence-corrected chi connectivity index (χ1v) is 10.0. The number of aryl methyl sites for hydroxylation is 2. The molecule has 0 radical (unpaired) electrons. The number of aromatic nitrogens is 5. The van der Waals surface area contributed by atoms with Gasteiger partial charge in [0.05, 0.1) is 24.3 Å². The highest BCUT2D eigenvalue weighted by Crippen LogP contribution is 2.28. The van der Waals surface area contributed by atoms with Gasteiger partial charge >= 0.3 is 11.8 Å². The molecular weight excluding hydrogens is 417 g/mol. The van der Waals surface area contributed by atoms with Crippen LogP contribution < -0.4 is 11.0 Å². The topological polar surface area (TPSA) is 118 Å². The van der Waals surface area contributed by atoms with Crippen molar-refractivity contribution in [1.29, 1.82) is 0 Å². The maximum atomic E-state index is 14.7. The molecule has 11 heteroatoms. The summed E-state index contributed by atoms with van der Waals surface area (Å²) in [5, 5.41) is 13.3. The van der Waals surface area contributed by atoms with Gasteiger partial charge < -0.3 is 15.3 Å². The zero-order valence-corrected chi connectivity index (χ0v) is 17.4. The van der Waals surface area contributed by atoms with E-state index in [1.54, 1.807) is 13.2 Å². The van der Waals surface area contributed by atoms with E-state index in [-0.39, 0.29) is 24.7 Å². The Balaban J connectivity index is 1.57. The second kappa shape index (κ2) is 7.29. The number of alkyl halides is 1. The number of rotatable bonds is 3. The third-order valence-electron chi connectivity index (χ3n) is 5.85. The van der Waals surface area contributed by atoms with E-state index in [9.17, 15) is 19.1 Å². The molecular formula is C21H20FN7O3. The summed E-state index contributed by atoms with van der Waals surface area (Å²) in [4.78, 5) is 38.3. The van der Waals surface area contributed by atoms with Gasteiger partial charge in [-0.2, -0.15) is 4.98 Å². The molecule has 1 aromatic carbocycles. The van der Waals surface area contributed by atoms with E-state index < -0.39 is 24.0 Å². The Labute approximate surface area is 181 Å².